The molecule has 1 unspecified atom stereocenters. The molecule has 0 aliphatic carbocycles. The Bertz CT molecular complexity index is 744. The first kappa shape index (κ1) is 18.6. The highest BCUT2D eigenvalue weighted by molar-refractivity contribution is 5.94. The lowest BCUT2D eigenvalue weighted by molar-refractivity contribution is 0.0760. The van der Waals surface area contributed by atoms with E-state index in [1.165, 1.54) is 5.56 Å². The number of hydrogen-bond donors (Lipinski definition) is 0. The Labute approximate surface area is 156 Å². The number of aromatic nitrogens is 1. The quantitative estimate of drug-likeness (QED) is 0.844. The molecule has 3 rings (SSSR count). The Balaban J connectivity index is 1.59. The van der Waals surface area contributed by atoms with E-state index in [0.717, 1.165) is 50.4 Å². The first-order valence-electron chi connectivity index (χ1n) is 9.54. The molecule has 0 N–H and O–H groups in total. The molecule has 4 nitrogen and oxygen atoms in total. The van der Waals surface area contributed by atoms with E-state index in [0.29, 0.717) is 11.5 Å². The second-order valence-electron chi connectivity index (χ2n) is 7.38. The Morgan fingerprint density at radius 1 is 1.12 bits per heavy atom. The fourth-order valence-corrected chi connectivity index (χ4v) is 3.57. The number of benzene rings is 1. The largest absolute Gasteiger partial charge is 0.337 e. The van der Waals surface area contributed by atoms with E-state index in [1.54, 1.807) is 6.20 Å². The molecule has 1 amide bonds. The number of carbonyl (C=O) groups is 1. The maximum absolute atomic E-state index is 12.8. The molecule has 1 fully saturated rings. The number of hydrogen-bond acceptors (Lipinski definition) is 3. The SMILES string of the molecule is Cc1cc(C(=O)N2CCCN(CC(C)c3ccccc3)CC2)cnc1C. The zero-order chi connectivity index (χ0) is 18.5. The summed E-state index contributed by atoms with van der Waals surface area (Å²) in [5, 5.41) is 0. The highest BCUT2D eigenvalue weighted by Crippen LogP contribution is 2.18. The molecule has 2 heterocycles. The second-order valence-corrected chi connectivity index (χ2v) is 7.38. The van der Waals surface area contributed by atoms with Crippen LogP contribution in [0.3, 0.4) is 0 Å². The highest BCUT2D eigenvalue weighted by Gasteiger charge is 2.22. The molecule has 0 bridgehead atoms. The third-order valence-corrected chi connectivity index (χ3v) is 5.36. The Morgan fingerprint density at radius 3 is 2.62 bits per heavy atom. The number of pyridine rings is 1. The molecular formula is C22H29N3O. The summed E-state index contributed by atoms with van der Waals surface area (Å²) >= 11 is 0. The normalized spacial score (nSPS) is 17.0. The van der Waals surface area contributed by atoms with Gasteiger partial charge in [-0.15, -0.1) is 0 Å². The second kappa shape index (κ2) is 8.45. The van der Waals surface area contributed by atoms with Crippen molar-refractivity contribution in [3.8, 4) is 0 Å². The van der Waals surface area contributed by atoms with Gasteiger partial charge >= 0.3 is 0 Å². The topological polar surface area (TPSA) is 36.4 Å². The van der Waals surface area contributed by atoms with Gasteiger partial charge in [-0.1, -0.05) is 37.3 Å². The van der Waals surface area contributed by atoms with Gasteiger partial charge in [0.1, 0.15) is 0 Å². The predicted molar refractivity (Wildman–Crippen MR) is 106 cm³/mol. The lowest BCUT2D eigenvalue weighted by atomic mass is 10.0. The summed E-state index contributed by atoms with van der Waals surface area (Å²) in [6, 6.07) is 12.6. The van der Waals surface area contributed by atoms with Gasteiger partial charge in [0.05, 0.1) is 5.56 Å². The minimum atomic E-state index is 0.110. The van der Waals surface area contributed by atoms with Crippen molar-refractivity contribution in [3.63, 3.8) is 0 Å². The van der Waals surface area contributed by atoms with Crippen LogP contribution < -0.4 is 0 Å². The van der Waals surface area contributed by atoms with Crippen molar-refractivity contribution in [2.24, 2.45) is 0 Å². The van der Waals surface area contributed by atoms with Gasteiger partial charge in [-0.05, 0) is 49.9 Å². The molecule has 1 aromatic carbocycles. The molecule has 138 valence electrons. The smallest absolute Gasteiger partial charge is 0.255 e. The fraction of sp³-hybridized carbons (Fsp3) is 0.455. The summed E-state index contributed by atoms with van der Waals surface area (Å²) in [7, 11) is 0. The van der Waals surface area contributed by atoms with Gasteiger partial charge in [0, 0.05) is 38.1 Å². The summed E-state index contributed by atoms with van der Waals surface area (Å²) in [6.45, 7) is 10.9. The number of amides is 1. The summed E-state index contributed by atoms with van der Waals surface area (Å²) in [5.41, 5.74) is 4.15. The Kier molecular flexibility index (Phi) is 6.04. The zero-order valence-corrected chi connectivity index (χ0v) is 16.1. The number of rotatable bonds is 4. The van der Waals surface area contributed by atoms with Crippen LogP contribution in [0.1, 0.15) is 46.4 Å². The molecule has 1 atom stereocenters. The predicted octanol–water partition coefficient (Wildman–Crippen LogP) is 3.65. The number of aryl methyl sites for hydroxylation is 2. The van der Waals surface area contributed by atoms with Crippen LogP contribution in [0.2, 0.25) is 0 Å². The fourth-order valence-electron chi connectivity index (χ4n) is 3.57. The first-order valence-corrected chi connectivity index (χ1v) is 9.54. The Hall–Kier alpha value is -2.20. The van der Waals surface area contributed by atoms with Crippen molar-refractivity contribution >= 4 is 5.91 Å². The summed E-state index contributed by atoms with van der Waals surface area (Å²) in [5.74, 6) is 0.612. The van der Waals surface area contributed by atoms with E-state index < -0.39 is 0 Å². The molecule has 1 saturated heterocycles. The maximum atomic E-state index is 12.8. The van der Waals surface area contributed by atoms with Crippen LogP contribution in [0, 0.1) is 13.8 Å². The van der Waals surface area contributed by atoms with Gasteiger partial charge in [-0.3, -0.25) is 9.78 Å². The summed E-state index contributed by atoms with van der Waals surface area (Å²) in [6.07, 6.45) is 2.73. The van der Waals surface area contributed by atoms with E-state index in [1.807, 2.05) is 24.8 Å². The zero-order valence-electron chi connectivity index (χ0n) is 16.1. The van der Waals surface area contributed by atoms with Crippen LogP contribution in [-0.2, 0) is 0 Å². The van der Waals surface area contributed by atoms with Crippen LogP contribution >= 0.6 is 0 Å². The van der Waals surface area contributed by atoms with Crippen molar-refractivity contribution in [3.05, 3.63) is 65.0 Å². The van der Waals surface area contributed by atoms with Crippen LogP contribution in [0.25, 0.3) is 0 Å². The highest BCUT2D eigenvalue weighted by atomic mass is 16.2. The molecule has 0 saturated carbocycles. The number of carbonyl (C=O) groups excluding carboxylic acids is 1. The third kappa shape index (κ3) is 4.50. The van der Waals surface area contributed by atoms with Crippen LogP contribution in [0.5, 0.6) is 0 Å². The van der Waals surface area contributed by atoms with Crippen molar-refractivity contribution in [2.45, 2.75) is 33.1 Å². The van der Waals surface area contributed by atoms with Gasteiger partial charge in [0.15, 0.2) is 0 Å². The minimum Gasteiger partial charge on any atom is -0.337 e. The lowest BCUT2D eigenvalue weighted by Gasteiger charge is -2.25. The van der Waals surface area contributed by atoms with E-state index in [9.17, 15) is 4.79 Å². The van der Waals surface area contributed by atoms with Crippen LogP contribution in [-0.4, -0.2) is 53.4 Å². The van der Waals surface area contributed by atoms with Crippen molar-refractivity contribution in [1.82, 2.24) is 14.8 Å². The molecule has 4 heteroatoms. The monoisotopic (exact) mass is 351 g/mol. The number of nitrogens with zero attached hydrogens (tertiary/aromatic N) is 3. The van der Waals surface area contributed by atoms with Crippen LogP contribution in [0.15, 0.2) is 42.6 Å². The standard InChI is InChI=1S/C22H29N3O/c1-17-14-21(15-23-19(17)3)22(26)25-11-7-10-24(12-13-25)16-18(2)20-8-5-4-6-9-20/h4-6,8-9,14-15,18H,7,10-13,16H2,1-3H3. The molecule has 0 spiro atoms. The lowest BCUT2D eigenvalue weighted by Crippen LogP contribution is -2.36. The van der Waals surface area contributed by atoms with Crippen molar-refractivity contribution in [1.29, 1.82) is 0 Å². The van der Waals surface area contributed by atoms with E-state index in [-0.39, 0.29) is 5.91 Å². The van der Waals surface area contributed by atoms with Gasteiger partial charge in [0.25, 0.3) is 5.91 Å². The molecular weight excluding hydrogens is 322 g/mol. The minimum absolute atomic E-state index is 0.110. The molecule has 1 aliphatic heterocycles. The average molecular weight is 351 g/mol. The van der Waals surface area contributed by atoms with Crippen LogP contribution in [0.4, 0.5) is 0 Å². The molecule has 26 heavy (non-hydrogen) atoms. The van der Waals surface area contributed by atoms with Gasteiger partial charge < -0.3 is 9.80 Å². The van der Waals surface area contributed by atoms with Gasteiger partial charge in [-0.2, -0.15) is 0 Å². The van der Waals surface area contributed by atoms with E-state index in [2.05, 4.69) is 47.1 Å². The van der Waals surface area contributed by atoms with Crippen molar-refractivity contribution in [2.75, 3.05) is 32.7 Å². The molecule has 1 aromatic heterocycles. The Morgan fingerprint density at radius 2 is 1.88 bits per heavy atom. The van der Waals surface area contributed by atoms with Crippen molar-refractivity contribution < 1.29 is 4.79 Å². The third-order valence-electron chi connectivity index (χ3n) is 5.36. The molecule has 1 aliphatic rings. The maximum Gasteiger partial charge on any atom is 0.255 e. The molecule has 0 radical (unpaired) electrons. The van der Waals surface area contributed by atoms with E-state index in [4.69, 9.17) is 0 Å². The van der Waals surface area contributed by atoms with E-state index >= 15 is 0 Å². The summed E-state index contributed by atoms with van der Waals surface area (Å²) in [4.78, 5) is 21.7. The first-order chi connectivity index (χ1) is 12.5. The van der Waals surface area contributed by atoms with Gasteiger partial charge in [-0.25, -0.2) is 0 Å². The average Bonchev–Trinajstić information content (AvgIpc) is 2.89. The molecule has 2 aromatic rings. The summed E-state index contributed by atoms with van der Waals surface area (Å²) < 4.78 is 0. The van der Waals surface area contributed by atoms with Gasteiger partial charge in [0.2, 0.25) is 0 Å².